The summed E-state index contributed by atoms with van der Waals surface area (Å²) in [5.41, 5.74) is 4.68. The second kappa shape index (κ2) is 9.22. The minimum Gasteiger partial charge on any atom is -0.465 e. The summed E-state index contributed by atoms with van der Waals surface area (Å²) in [7, 11) is 1.40. The van der Waals surface area contributed by atoms with Gasteiger partial charge in [0, 0.05) is 24.3 Å². The molecule has 0 aliphatic rings. The number of hydrogen-bond donors (Lipinski definition) is 1. The second-order valence-electron chi connectivity index (χ2n) is 7.09. The minimum absolute atomic E-state index is 0.341. The lowest BCUT2D eigenvalue weighted by molar-refractivity contribution is 0.0601. The van der Waals surface area contributed by atoms with Crippen molar-refractivity contribution in [2.24, 2.45) is 0 Å². The standard InChI is InChI=1S/C24H24N4O2/c1-30-24(29)19-11-12-21-22(10-6-14-26-20-9-5-13-25-16-20)27-28(23(21)15-19)17-18-7-3-2-4-8-18/h2-5,7-9,11-13,15-16,26H,6,10,14,17H2,1H3. The first kappa shape index (κ1) is 19.6. The van der Waals surface area contributed by atoms with E-state index in [1.807, 2.05) is 53.3 Å². The van der Waals surface area contributed by atoms with E-state index in [0.717, 1.165) is 47.2 Å². The maximum absolute atomic E-state index is 12.0. The molecule has 1 N–H and O–H groups in total. The summed E-state index contributed by atoms with van der Waals surface area (Å²) in [5.74, 6) is -0.341. The van der Waals surface area contributed by atoms with Gasteiger partial charge < -0.3 is 10.1 Å². The molecule has 152 valence electrons. The lowest BCUT2D eigenvalue weighted by Crippen LogP contribution is -2.05. The first-order valence-corrected chi connectivity index (χ1v) is 10.00. The third-order valence-corrected chi connectivity index (χ3v) is 5.01. The van der Waals surface area contributed by atoms with Gasteiger partial charge in [-0.05, 0) is 42.7 Å². The molecule has 0 saturated carbocycles. The average molecular weight is 400 g/mol. The van der Waals surface area contributed by atoms with Crippen LogP contribution in [-0.4, -0.2) is 34.4 Å². The van der Waals surface area contributed by atoms with Gasteiger partial charge in [-0.1, -0.05) is 36.4 Å². The maximum Gasteiger partial charge on any atom is 0.337 e. The molecule has 0 fully saturated rings. The molecule has 0 spiro atoms. The van der Waals surface area contributed by atoms with Gasteiger partial charge in [0.2, 0.25) is 0 Å². The lowest BCUT2D eigenvalue weighted by atomic mass is 10.1. The quantitative estimate of drug-likeness (QED) is 0.353. The van der Waals surface area contributed by atoms with Crippen LogP contribution in [-0.2, 0) is 17.7 Å². The molecule has 4 aromatic rings. The number of methoxy groups -OCH3 is 1. The second-order valence-corrected chi connectivity index (χ2v) is 7.09. The minimum atomic E-state index is -0.341. The number of pyridine rings is 1. The van der Waals surface area contributed by atoms with E-state index in [-0.39, 0.29) is 5.97 Å². The summed E-state index contributed by atoms with van der Waals surface area (Å²) in [6.45, 7) is 1.48. The van der Waals surface area contributed by atoms with Crippen molar-refractivity contribution in [3.05, 3.63) is 89.9 Å². The van der Waals surface area contributed by atoms with E-state index < -0.39 is 0 Å². The zero-order valence-electron chi connectivity index (χ0n) is 16.9. The Morgan fingerprint density at radius 2 is 1.97 bits per heavy atom. The van der Waals surface area contributed by atoms with Crippen LogP contribution in [0.5, 0.6) is 0 Å². The van der Waals surface area contributed by atoms with Crippen molar-refractivity contribution in [1.82, 2.24) is 14.8 Å². The van der Waals surface area contributed by atoms with E-state index in [4.69, 9.17) is 9.84 Å². The van der Waals surface area contributed by atoms with Gasteiger partial charge in [-0.15, -0.1) is 0 Å². The van der Waals surface area contributed by atoms with Gasteiger partial charge in [0.1, 0.15) is 0 Å². The van der Waals surface area contributed by atoms with Crippen LogP contribution in [0.25, 0.3) is 10.9 Å². The molecular weight excluding hydrogens is 376 g/mol. The summed E-state index contributed by atoms with van der Waals surface area (Å²) in [6.07, 6.45) is 5.35. The van der Waals surface area contributed by atoms with E-state index >= 15 is 0 Å². The van der Waals surface area contributed by atoms with E-state index in [0.29, 0.717) is 12.1 Å². The van der Waals surface area contributed by atoms with E-state index in [9.17, 15) is 4.79 Å². The Morgan fingerprint density at radius 1 is 1.10 bits per heavy atom. The van der Waals surface area contributed by atoms with Crippen LogP contribution in [0.15, 0.2) is 73.1 Å². The number of benzene rings is 2. The summed E-state index contributed by atoms with van der Waals surface area (Å²) < 4.78 is 6.86. The Kier molecular flexibility index (Phi) is 6.03. The summed E-state index contributed by atoms with van der Waals surface area (Å²) in [5, 5.41) is 9.33. The first-order valence-electron chi connectivity index (χ1n) is 10.00. The summed E-state index contributed by atoms with van der Waals surface area (Å²) in [6, 6.07) is 19.8. The zero-order valence-corrected chi connectivity index (χ0v) is 16.9. The molecule has 2 aromatic heterocycles. The highest BCUT2D eigenvalue weighted by molar-refractivity contribution is 5.95. The van der Waals surface area contributed by atoms with Gasteiger partial charge >= 0.3 is 5.97 Å². The first-order chi connectivity index (χ1) is 14.7. The number of ether oxygens (including phenoxy) is 1. The van der Waals surface area contributed by atoms with Gasteiger partial charge in [-0.2, -0.15) is 5.10 Å². The largest absolute Gasteiger partial charge is 0.465 e. The Bertz CT molecular complexity index is 1120. The van der Waals surface area contributed by atoms with Crippen molar-refractivity contribution in [2.75, 3.05) is 19.0 Å². The third kappa shape index (κ3) is 4.49. The number of fused-ring (bicyclic) bond motifs is 1. The summed E-state index contributed by atoms with van der Waals surface area (Å²) in [4.78, 5) is 16.1. The Balaban J connectivity index is 1.56. The number of aromatic nitrogens is 3. The lowest BCUT2D eigenvalue weighted by Gasteiger charge is -2.05. The summed E-state index contributed by atoms with van der Waals surface area (Å²) >= 11 is 0. The van der Waals surface area contributed by atoms with Crippen LogP contribution in [0.1, 0.15) is 28.0 Å². The number of carbonyl (C=O) groups excluding carboxylic acids is 1. The predicted molar refractivity (Wildman–Crippen MR) is 118 cm³/mol. The van der Waals surface area contributed by atoms with Crippen LogP contribution in [0.2, 0.25) is 0 Å². The molecule has 2 aromatic carbocycles. The van der Waals surface area contributed by atoms with Gasteiger partial charge in [0.25, 0.3) is 0 Å². The van der Waals surface area contributed by atoms with Crippen molar-refractivity contribution in [3.8, 4) is 0 Å². The number of carbonyl (C=O) groups is 1. The van der Waals surface area contributed by atoms with Crippen LogP contribution < -0.4 is 5.32 Å². The Labute approximate surface area is 175 Å². The van der Waals surface area contributed by atoms with Gasteiger partial charge in [-0.3, -0.25) is 9.67 Å². The molecule has 0 unspecified atom stereocenters. The number of rotatable bonds is 8. The molecule has 2 heterocycles. The predicted octanol–water partition coefficient (Wildman–Crippen LogP) is 4.31. The molecule has 6 heteroatoms. The highest BCUT2D eigenvalue weighted by atomic mass is 16.5. The van der Waals surface area contributed by atoms with Crippen molar-refractivity contribution < 1.29 is 9.53 Å². The number of nitrogens with zero attached hydrogens (tertiary/aromatic N) is 3. The van der Waals surface area contributed by atoms with Crippen molar-refractivity contribution in [3.63, 3.8) is 0 Å². The number of hydrogen-bond acceptors (Lipinski definition) is 5. The smallest absolute Gasteiger partial charge is 0.337 e. The van der Waals surface area contributed by atoms with Crippen LogP contribution in [0.3, 0.4) is 0 Å². The molecule has 0 radical (unpaired) electrons. The zero-order chi connectivity index (χ0) is 20.8. The fourth-order valence-electron chi connectivity index (χ4n) is 3.50. The molecule has 0 aliphatic heterocycles. The molecule has 0 aliphatic carbocycles. The Morgan fingerprint density at radius 3 is 2.73 bits per heavy atom. The fraction of sp³-hybridized carbons (Fsp3) is 0.208. The maximum atomic E-state index is 12.0. The van der Waals surface area contributed by atoms with Gasteiger partial charge in [0.05, 0.1) is 36.1 Å². The topological polar surface area (TPSA) is 69.0 Å². The van der Waals surface area contributed by atoms with Crippen LogP contribution >= 0.6 is 0 Å². The SMILES string of the molecule is COC(=O)c1ccc2c(CCCNc3cccnc3)nn(Cc3ccccc3)c2c1. The van der Waals surface area contributed by atoms with E-state index in [2.05, 4.69) is 22.4 Å². The monoisotopic (exact) mass is 400 g/mol. The molecule has 4 rings (SSSR count). The normalized spacial score (nSPS) is 10.8. The number of aryl methyl sites for hydroxylation is 1. The number of anilines is 1. The Hall–Kier alpha value is -3.67. The molecule has 0 saturated heterocycles. The van der Waals surface area contributed by atoms with Crippen molar-refractivity contribution >= 4 is 22.6 Å². The van der Waals surface area contributed by atoms with Crippen molar-refractivity contribution in [2.45, 2.75) is 19.4 Å². The number of esters is 1. The highest BCUT2D eigenvalue weighted by Gasteiger charge is 2.14. The molecule has 30 heavy (non-hydrogen) atoms. The molecule has 6 nitrogen and oxygen atoms in total. The molecule has 0 amide bonds. The molecular formula is C24H24N4O2. The number of nitrogens with one attached hydrogen (secondary N) is 1. The van der Waals surface area contributed by atoms with Crippen LogP contribution in [0, 0.1) is 0 Å². The van der Waals surface area contributed by atoms with Gasteiger partial charge in [0.15, 0.2) is 0 Å². The van der Waals surface area contributed by atoms with E-state index in [1.54, 1.807) is 12.3 Å². The van der Waals surface area contributed by atoms with Crippen molar-refractivity contribution in [1.29, 1.82) is 0 Å². The molecule has 0 atom stereocenters. The highest BCUT2D eigenvalue weighted by Crippen LogP contribution is 2.23. The van der Waals surface area contributed by atoms with Gasteiger partial charge in [-0.25, -0.2) is 4.79 Å². The third-order valence-electron chi connectivity index (χ3n) is 5.01. The van der Waals surface area contributed by atoms with Crippen LogP contribution in [0.4, 0.5) is 5.69 Å². The average Bonchev–Trinajstić information content (AvgIpc) is 3.14. The fourth-order valence-corrected chi connectivity index (χ4v) is 3.50. The van der Waals surface area contributed by atoms with E-state index in [1.165, 1.54) is 7.11 Å². The molecule has 0 bridgehead atoms.